The lowest BCUT2D eigenvalue weighted by molar-refractivity contribution is 0.461. The average molecular weight is 378 g/mol. The monoisotopic (exact) mass is 377 g/mol. The first-order valence-electron chi connectivity index (χ1n) is 8.97. The fourth-order valence-corrected chi connectivity index (χ4v) is 3.01. The van der Waals surface area contributed by atoms with Crippen molar-refractivity contribution in [3.8, 4) is 0 Å². The number of hydrogen-bond acceptors (Lipinski definition) is 2. The fourth-order valence-electron chi connectivity index (χ4n) is 2.74. The van der Waals surface area contributed by atoms with Crippen molar-refractivity contribution in [2.24, 2.45) is 12.0 Å². The zero-order valence-corrected chi connectivity index (χ0v) is 16.5. The van der Waals surface area contributed by atoms with Gasteiger partial charge in [0.15, 0.2) is 5.96 Å². The summed E-state index contributed by atoms with van der Waals surface area (Å²) in [5.41, 5.74) is 1.18. The van der Waals surface area contributed by atoms with Gasteiger partial charge in [0.2, 0.25) is 5.56 Å². The number of nitrogens with zero attached hydrogens (tertiary/aromatic N) is 4. The van der Waals surface area contributed by atoms with E-state index >= 15 is 0 Å². The Morgan fingerprint density at radius 1 is 1.35 bits per heavy atom. The summed E-state index contributed by atoms with van der Waals surface area (Å²) in [7, 11) is 4.01. The minimum absolute atomic E-state index is 0.0466. The molecule has 0 aliphatic heterocycles. The zero-order chi connectivity index (χ0) is 18.9. The first-order chi connectivity index (χ1) is 12.5. The third kappa shape index (κ3) is 5.95. The Morgan fingerprint density at radius 3 is 2.81 bits per heavy atom. The van der Waals surface area contributed by atoms with Crippen LogP contribution in [0, 0.1) is 0 Å². The fraction of sp³-hybridized carbons (Fsp3) is 0.474. The summed E-state index contributed by atoms with van der Waals surface area (Å²) in [5.74, 6) is 0.877. The first kappa shape index (κ1) is 20.1. The number of rotatable bonds is 8. The van der Waals surface area contributed by atoms with Crippen LogP contribution in [0.2, 0.25) is 5.02 Å². The van der Waals surface area contributed by atoms with E-state index in [2.05, 4.69) is 17.1 Å². The van der Waals surface area contributed by atoms with Gasteiger partial charge in [0.05, 0.1) is 11.6 Å². The molecule has 0 spiro atoms. The van der Waals surface area contributed by atoms with Gasteiger partial charge in [0.25, 0.3) is 0 Å². The first-order valence-corrected chi connectivity index (χ1v) is 9.34. The van der Waals surface area contributed by atoms with Crippen LogP contribution in [0.4, 0.5) is 0 Å². The summed E-state index contributed by atoms with van der Waals surface area (Å²) >= 11 is 6.06. The number of unbranched alkanes of at least 4 members (excludes halogenated alkanes) is 1. The number of hydrogen-bond donors (Lipinski definition) is 1. The lowest BCUT2D eigenvalue weighted by atomic mass is 10.3. The quantitative estimate of drug-likeness (QED) is 0.437. The molecule has 0 fully saturated rings. The Kier molecular flexibility index (Phi) is 7.78. The van der Waals surface area contributed by atoms with Crippen LogP contribution in [-0.4, -0.2) is 40.1 Å². The molecule has 6 nitrogen and oxygen atoms in total. The predicted molar refractivity (Wildman–Crippen MR) is 108 cm³/mol. The number of pyridine rings is 1. The van der Waals surface area contributed by atoms with Gasteiger partial charge >= 0.3 is 0 Å². The molecular weight excluding hydrogens is 350 g/mol. The average Bonchev–Trinajstić information content (AvgIpc) is 2.92. The van der Waals surface area contributed by atoms with Gasteiger partial charge in [-0.05, 0) is 31.9 Å². The van der Waals surface area contributed by atoms with Crippen molar-refractivity contribution in [2.45, 2.75) is 32.9 Å². The summed E-state index contributed by atoms with van der Waals surface area (Å²) in [6.07, 6.45) is 5.58. The number of aryl methyl sites for hydroxylation is 2. The van der Waals surface area contributed by atoms with Crippen molar-refractivity contribution in [1.29, 1.82) is 0 Å². The normalized spacial score (nSPS) is 11.6. The maximum Gasteiger partial charge on any atom is 0.250 e. The van der Waals surface area contributed by atoms with E-state index in [9.17, 15) is 4.79 Å². The Bertz CT molecular complexity index is 780. The van der Waals surface area contributed by atoms with E-state index in [0.29, 0.717) is 0 Å². The Hall–Kier alpha value is -2.21. The molecule has 0 radical (unpaired) electrons. The molecule has 0 amide bonds. The Morgan fingerprint density at radius 2 is 2.15 bits per heavy atom. The molecule has 2 rings (SSSR count). The van der Waals surface area contributed by atoms with Crippen molar-refractivity contribution < 1.29 is 0 Å². The highest BCUT2D eigenvalue weighted by molar-refractivity contribution is 6.30. The maximum atomic E-state index is 11.7. The van der Waals surface area contributed by atoms with Crippen LogP contribution in [0.15, 0.2) is 46.4 Å². The third-order valence-electron chi connectivity index (χ3n) is 4.14. The highest BCUT2D eigenvalue weighted by Gasteiger charge is 2.09. The van der Waals surface area contributed by atoms with Crippen LogP contribution < -0.4 is 10.9 Å². The molecule has 2 aromatic rings. The molecule has 7 heteroatoms. The van der Waals surface area contributed by atoms with Gasteiger partial charge in [-0.3, -0.25) is 9.79 Å². The van der Waals surface area contributed by atoms with Crippen molar-refractivity contribution in [3.63, 3.8) is 0 Å². The third-order valence-corrected chi connectivity index (χ3v) is 4.34. The van der Waals surface area contributed by atoms with Crippen LogP contribution >= 0.6 is 11.6 Å². The maximum absolute atomic E-state index is 11.7. The molecule has 0 saturated heterocycles. The number of aromatic nitrogens is 2. The molecule has 0 bridgehead atoms. The van der Waals surface area contributed by atoms with Gasteiger partial charge in [-0.25, -0.2) is 0 Å². The summed E-state index contributed by atoms with van der Waals surface area (Å²) < 4.78 is 3.76. The molecule has 0 aliphatic carbocycles. The summed E-state index contributed by atoms with van der Waals surface area (Å²) in [6, 6.07) is 7.21. The molecule has 26 heavy (non-hydrogen) atoms. The van der Waals surface area contributed by atoms with Gasteiger partial charge in [-0.15, -0.1) is 0 Å². The SMILES string of the molecule is CCNC(=NCCCCn1ccccc1=O)N(C)Cc1cc(Cl)cn1C. The van der Waals surface area contributed by atoms with E-state index in [1.807, 2.05) is 43.2 Å². The minimum Gasteiger partial charge on any atom is -0.357 e. The van der Waals surface area contributed by atoms with Crippen molar-refractivity contribution in [1.82, 2.24) is 19.4 Å². The van der Waals surface area contributed by atoms with E-state index in [-0.39, 0.29) is 5.56 Å². The summed E-state index contributed by atoms with van der Waals surface area (Å²) in [5, 5.41) is 4.07. The molecule has 0 aliphatic rings. The van der Waals surface area contributed by atoms with Crippen molar-refractivity contribution >= 4 is 17.6 Å². The van der Waals surface area contributed by atoms with Crippen LogP contribution in [0.1, 0.15) is 25.5 Å². The predicted octanol–water partition coefficient (Wildman–Crippen LogP) is 2.72. The van der Waals surface area contributed by atoms with Crippen LogP contribution in [0.25, 0.3) is 0 Å². The molecule has 0 aromatic carbocycles. The molecule has 0 unspecified atom stereocenters. The van der Waals surface area contributed by atoms with Gasteiger partial charge < -0.3 is 19.4 Å². The second-order valence-corrected chi connectivity index (χ2v) is 6.73. The smallest absolute Gasteiger partial charge is 0.250 e. The van der Waals surface area contributed by atoms with Crippen LogP contribution in [0.3, 0.4) is 0 Å². The second kappa shape index (κ2) is 10.1. The molecule has 2 aromatic heterocycles. The number of nitrogens with one attached hydrogen (secondary N) is 1. The summed E-state index contributed by atoms with van der Waals surface area (Å²) in [4.78, 5) is 18.5. The lowest BCUT2D eigenvalue weighted by Gasteiger charge is -2.22. The highest BCUT2D eigenvalue weighted by Crippen LogP contribution is 2.14. The second-order valence-electron chi connectivity index (χ2n) is 6.29. The van der Waals surface area contributed by atoms with E-state index in [4.69, 9.17) is 16.6 Å². The van der Waals surface area contributed by atoms with Crippen molar-refractivity contribution in [3.05, 3.63) is 57.7 Å². The van der Waals surface area contributed by atoms with Gasteiger partial charge in [0.1, 0.15) is 0 Å². The zero-order valence-electron chi connectivity index (χ0n) is 15.8. The summed E-state index contributed by atoms with van der Waals surface area (Å²) in [6.45, 7) is 5.06. The molecule has 0 saturated carbocycles. The molecular formula is C19H28ClN5O. The van der Waals surface area contributed by atoms with E-state index in [1.54, 1.807) is 16.7 Å². The van der Waals surface area contributed by atoms with E-state index in [0.717, 1.165) is 55.7 Å². The van der Waals surface area contributed by atoms with Gasteiger partial charge in [0, 0.05) is 57.9 Å². The topological polar surface area (TPSA) is 54.6 Å². The van der Waals surface area contributed by atoms with E-state index < -0.39 is 0 Å². The highest BCUT2D eigenvalue weighted by atomic mass is 35.5. The molecule has 2 heterocycles. The minimum atomic E-state index is 0.0466. The Balaban J connectivity index is 1.86. The largest absolute Gasteiger partial charge is 0.357 e. The molecule has 142 valence electrons. The molecule has 1 N–H and O–H groups in total. The van der Waals surface area contributed by atoms with E-state index in [1.165, 1.54) is 0 Å². The number of guanidine groups is 1. The Labute approximate surface area is 160 Å². The van der Waals surface area contributed by atoms with Gasteiger partial charge in [-0.2, -0.15) is 0 Å². The van der Waals surface area contributed by atoms with Crippen LogP contribution in [-0.2, 0) is 20.1 Å². The molecule has 0 atom stereocenters. The van der Waals surface area contributed by atoms with Crippen LogP contribution in [0.5, 0.6) is 0 Å². The van der Waals surface area contributed by atoms with Gasteiger partial charge in [-0.1, -0.05) is 17.7 Å². The number of halogens is 1. The standard InChI is InChI=1S/C19H28ClN5O/c1-4-21-19(24(3)15-17-13-16(20)14-23(17)2)22-10-6-8-12-25-11-7-5-9-18(25)26/h5,7,9,11,13-14H,4,6,8,10,12,15H2,1-3H3,(H,21,22). The van der Waals surface area contributed by atoms with Crippen molar-refractivity contribution in [2.75, 3.05) is 20.1 Å². The lowest BCUT2D eigenvalue weighted by Crippen LogP contribution is -2.38. The number of aliphatic imine (C=N–C) groups is 1.